The molecule has 0 aliphatic carbocycles. The first-order chi connectivity index (χ1) is 11.0. The van der Waals surface area contributed by atoms with Gasteiger partial charge in [-0.15, -0.1) is 0 Å². The van der Waals surface area contributed by atoms with Gasteiger partial charge in [0.1, 0.15) is 0 Å². The Morgan fingerprint density at radius 3 is 2.96 bits per heavy atom. The molecule has 1 unspecified atom stereocenters. The van der Waals surface area contributed by atoms with Gasteiger partial charge in [-0.1, -0.05) is 0 Å². The lowest BCUT2D eigenvalue weighted by Gasteiger charge is -2.31. The van der Waals surface area contributed by atoms with E-state index in [4.69, 9.17) is 4.74 Å². The summed E-state index contributed by atoms with van der Waals surface area (Å²) in [6, 6.07) is 1.44. The number of carboxylic acid groups (broad SMARTS) is 1. The van der Waals surface area contributed by atoms with E-state index < -0.39 is 11.4 Å². The number of pyridine rings is 1. The average Bonchev–Trinajstić information content (AvgIpc) is 2.52. The number of hydrogen-bond donors (Lipinski definition) is 2. The summed E-state index contributed by atoms with van der Waals surface area (Å²) < 4.78 is 6.88. The van der Waals surface area contributed by atoms with Crippen LogP contribution in [0.15, 0.2) is 17.1 Å². The normalized spacial score (nSPS) is 18.9. The van der Waals surface area contributed by atoms with E-state index in [1.807, 2.05) is 4.57 Å². The van der Waals surface area contributed by atoms with E-state index >= 15 is 0 Å². The number of piperidine rings is 1. The van der Waals surface area contributed by atoms with Crippen LogP contribution in [0.1, 0.15) is 25.0 Å². The summed E-state index contributed by atoms with van der Waals surface area (Å²) in [5, 5.41) is 18.8. The van der Waals surface area contributed by atoms with Crippen molar-refractivity contribution in [2.24, 2.45) is 5.92 Å². The van der Waals surface area contributed by atoms with Gasteiger partial charge in [0.25, 0.3) is 0 Å². The van der Waals surface area contributed by atoms with Gasteiger partial charge in [0.2, 0.25) is 5.43 Å². The van der Waals surface area contributed by atoms with E-state index in [1.165, 1.54) is 12.3 Å². The van der Waals surface area contributed by atoms with Gasteiger partial charge in [-0.25, -0.2) is 0 Å². The van der Waals surface area contributed by atoms with Crippen LogP contribution in [0.5, 0.6) is 5.75 Å². The summed E-state index contributed by atoms with van der Waals surface area (Å²) in [6.07, 6.45) is 3.75. The van der Waals surface area contributed by atoms with Crippen LogP contribution in [-0.4, -0.2) is 52.5 Å². The van der Waals surface area contributed by atoms with Crippen LogP contribution in [0.3, 0.4) is 0 Å². The molecule has 1 aromatic rings. The maximum absolute atomic E-state index is 11.7. The van der Waals surface area contributed by atoms with Gasteiger partial charge in [-0.2, -0.15) is 0 Å². The second kappa shape index (κ2) is 8.12. The number of methoxy groups -OCH3 is 1. The Hall–Kier alpha value is -1.86. The number of rotatable bonds is 7. The number of aromatic hydroxyl groups is 1. The fraction of sp³-hybridized carbons (Fsp3) is 0.625. The smallest absolute Gasteiger partial charge is 0.307 e. The fourth-order valence-corrected chi connectivity index (χ4v) is 2.96. The van der Waals surface area contributed by atoms with Crippen molar-refractivity contribution in [1.82, 2.24) is 9.47 Å². The van der Waals surface area contributed by atoms with Crippen LogP contribution in [-0.2, 0) is 22.6 Å². The molecule has 0 spiro atoms. The standard InChI is InChI=1S/C16H24N2O5/c1-23-7-3-6-18-11-15(20)14(19)8-13(18)10-17-5-2-4-12(9-17)16(21)22/h8,11-12,20H,2-7,9-10H2,1H3,(H,21,22). The third-order valence-corrected chi connectivity index (χ3v) is 4.19. The third-order valence-electron chi connectivity index (χ3n) is 4.19. The van der Waals surface area contributed by atoms with E-state index in [1.54, 1.807) is 7.11 Å². The first-order valence-corrected chi connectivity index (χ1v) is 7.87. The fourth-order valence-electron chi connectivity index (χ4n) is 2.96. The van der Waals surface area contributed by atoms with Crippen LogP contribution >= 0.6 is 0 Å². The summed E-state index contributed by atoms with van der Waals surface area (Å²) in [7, 11) is 1.63. The lowest BCUT2D eigenvalue weighted by atomic mass is 9.98. The second-order valence-corrected chi connectivity index (χ2v) is 5.97. The number of aryl methyl sites for hydroxylation is 1. The molecule has 2 rings (SSSR count). The highest BCUT2D eigenvalue weighted by Gasteiger charge is 2.25. The molecule has 23 heavy (non-hydrogen) atoms. The predicted molar refractivity (Wildman–Crippen MR) is 84.5 cm³/mol. The molecule has 0 saturated carbocycles. The van der Waals surface area contributed by atoms with Gasteiger partial charge in [-0.3, -0.25) is 14.5 Å². The van der Waals surface area contributed by atoms with E-state index in [-0.39, 0.29) is 11.7 Å². The van der Waals surface area contributed by atoms with Crippen molar-refractivity contribution in [3.63, 3.8) is 0 Å². The van der Waals surface area contributed by atoms with Crippen LogP contribution in [0.25, 0.3) is 0 Å². The monoisotopic (exact) mass is 324 g/mol. The van der Waals surface area contributed by atoms with Crippen molar-refractivity contribution in [3.8, 4) is 5.75 Å². The van der Waals surface area contributed by atoms with Gasteiger partial charge in [-0.05, 0) is 25.8 Å². The molecule has 0 amide bonds. The minimum Gasteiger partial charge on any atom is -0.503 e. The first-order valence-electron chi connectivity index (χ1n) is 7.87. The number of nitrogens with zero attached hydrogens (tertiary/aromatic N) is 2. The summed E-state index contributed by atoms with van der Waals surface area (Å²) in [5.41, 5.74) is 0.379. The molecule has 1 aliphatic heterocycles. The van der Waals surface area contributed by atoms with E-state index in [0.29, 0.717) is 32.7 Å². The number of aromatic nitrogens is 1. The Morgan fingerprint density at radius 2 is 2.26 bits per heavy atom. The van der Waals surface area contributed by atoms with Crippen molar-refractivity contribution in [2.75, 3.05) is 26.8 Å². The average molecular weight is 324 g/mol. The molecule has 1 atom stereocenters. The molecule has 0 radical (unpaired) electrons. The zero-order valence-electron chi connectivity index (χ0n) is 13.4. The molecule has 7 heteroatoms. The van der Waals surface area contributed by atoms with Gasteiger partial charge in [0.05, 0.1) is 12.1 Å². The van der Waals surface area contributed by atoms with Gasteiger partial charge < -0.3 is 19.5 Å². The number of aliphatic carboxylic acids is 1. The zero-order valence-corrected chi connectivity index (χ0v) is 13.4. The van der Waals surface area contributed by atoms with Crippen LogP contribution < -0.4 is 5.43 Å². The van der Waals surface area contributed by atoms with E-state index in [2.05, 4.69) is 4.90 Å². The maximum atomic E-state index is 11.7. The molecule has 0 bridgehead atoms. The number of hydrogen-bond acceptors (Lipinski definition) is 5. The lowest BCUT2D eigenvalue weighted by Crippen LogP contribution is -2.39. The summed E-state index contributed by atoms with van der Waals surface area (Å²) in [4.78, 5) is 25.0. The van der Waals surface area contributed by atoms with Crippen molar-refractivity contribution in [2.45, 2.75) is 32.4 Å². The predicted octanol–water partition coefficient (Wildman–Crippen LogP) is 0.887. The number of ether oxygens (including phenoxy) is 1. The zero-order chi connectivity index (χ0) is 16.8. The Bertz CT molecular complexity index is 599. The van der Waals surface area contributed by atoms with Crippen LogP contribution in [0.2, 0.25) is 0 Å². The molecule has 1 fully saturated rings. The molecular weight excluding hydrogens is 300 g/mol. The maximum Gasteiger partial charge on any atom is 0.307 e. The molecule has 2 N–H and O–H groups in total. The molecule has 1 aromatic heterocycles. The van der Waals surface area contributed by atoms with Crippen molar-refractivity contribution < 1.29 is 19.7 Å². The number of likely N-dealkylation sites (tertiary alicyclic amines) is 1. The molecule has 0 aromatic carbocycles. The van der Waals surface area contributed by atoms with Gasteiger partial charge in [0, 0.05) is 45.1 Å². The Labute approximate surface area is 135 Å². The van der Waals surface area contributed by atoms with Crippen molar-refractivity contribution in [3.05, 3.63) is 28.2 Å². The van der Waals surface area contributed by atoms with E-state index in [0.717, 1.165) is 25.1 Å². The molecule has 7 nitrogen and oxygen atoms in total. The highest BCUT2D eigenvalue weighted by atomic mass is 16.5. The molecule has 2 heterocycles. The summed E-state index contributed by atoms with van der Waals surface area (Å²) in [6.45, 7) is 3.04. The summed E-state index contributed by atoms with van der Waals surface area (Å²) >= 11 is 0. The molecule has 128 valence electrons. The Morgan fingerprint density at radius 1 is 1.48 bits per heavy atom. The van der Waals surface area contributed by atoms with Gasteiger partial charge >= 0.3 is 5.97 Å². The quantitative estimate of drug-likeness (QED) is 0.724. The minimum absolute atomic E-state index is 0.270. The van der Waals surface area contributed by atoms with Gasteiger partial charge in [0.15, 0.2) is 5.75 Å². The lowest BCUT2D eigenvalue weighted by molar-refractivity contribution is -0.143. The number of carbonyl (C=O) groups is 1. The second-order valence-electron chi connectivity index (χ2n) is 5.97. The summed E-state index contributed by atoms with van der Waals surface area (Å²) in [5.74, 6) is -1.39. The highest BCUT2D eigenvalue weighted by Crippen LogP contribution is 2.19. The van der Waals surface area contributed by atoms with Crippen LogP contribution in [0, 0.1) is 5.92 Å². The topological polar surface area (TPSA) is 92.0 Å². The first kappa shape index (κ1) is 17.5. The molecule has 1 aliphatic rings. The minimum atomic E-state index is -0.766. The van der Waals surface area contributed by atoms with Crippen molar-refractivity contribution in [1.29, 1.82) is 0 Å². The number of carboxylic acids is 1. The van der Waals surface area contributed by atoms with Crippen LogP contribution in [0.4, 0.5) is 0 Å². The molecule has 1 saturated heterocycles. The largest absolute Gasteiger partial charge is 0.503 e. The molecular formula is C16H24N2O5. The van der Waals surface area contributed by atoms with E-state index in [9.17, 15) is 19.8 Å². The SMILES string of the molecule is COCCCn1cc(O)c(=O)cc1CN1CCCC(C(=O)O)C1. The Balaban J connectivity index is 2.12. The highest BCUT2D eigenvalue weighted by molar-refractivity contribution is 5.70. The Kier molecular flexibility index (Phi) is 6.18. The van der Waals surface area contributed by atoms with Crippen molar-refractivity contribution >= 4 is 5.97 Å². The third kappa shape index (κ3) is 4.80.